The van der Waals surface area contributed by atoms with Crippen molar-refractivity contribution in [3.8, 4) is 11.5 Å². The molecule has 23 heavy (non-hydrogen) atoms. The van der Waals surface area contributed by atoms with E-state index in [2.05, 4.69) is 26.2 Å². The molecule has 0 fully saturated rings. The van der Waals surface area contributed by atoms with E-state index in [0.29, 0.717) is 6.54 Å². The van der Waals surface area contributed by atoms with E-state index in [-0.39, 0.29) is 11.5 Å². The van der Waals surface area contributed by atoms with Crippen LogP contribution in [0.5, 0.6) is 11.5 Å². The SMILES string of the molecule is COc1cc(CNc2cncc(Br)c2)ccc1OCC(F)(F)F. The van der Waals surface area contributed by atoms with E-state index in [1.807, 2.05) is 6.07 Å². The number of nitrogens with zero attached hydrogens (tertiary/aromatic N) is 1. The van der Waals surface area contributed by atoms with E-state index in [9.17, 15) is 13.2 Å². The molecule has 0 bridgehead atoms. The minimum atomic E-state index is -4.39. The lowest BCUT2D eigenvalue weighted by atomic mass is 10.2. The van der Waals surface area contributed by atoms with Gasteiger partial charge in [0.2, 0.25) is 0 Å². The van der Waals surface area contributed by atoms with E-state index in [1.165, 1.54) is 13.2 Å². The summed E-state index contributed by atoms with van der Waals surface area (Å²) in [6.45, 7) is -0.890. The molecule has 0 spiro atoms. The molecule has 0 radical (unpaired) electrons. The number of hydrogen-bond donors (Lipinski definition) is 1. The Morgan fingerprint density at radius 3 is 2.61 bits per heavy atom. The molecular formula is C15H14BrF3N2O2. The number of nitrogens with one attached hydrogen (secondary N) is 1. The number of aromatic nitrogens is 1. The van der Waals surface area contributed by atoms with E-state index in [1.54, 1.807) is 24.5 Å². The second-order valence-electron chi connectivity index (χ2n) is 4.63. The summed E-state index contributed by atoms with van der Waals surface area (Å²) in [6.07, 6.45) is -1.05. The van der Waals surface area contributed by atoms with Gasteiger partial charge < -0.3 is 14.8 Å². The topological polar surface area (TPSA) is 43.4 Å². The van der Waals surface area contributed by atoms with Crippen molar-refractivity contribution in [1.29, 1.82) is 0 Å². The van der Waals surface area contributed by atoms with Gasteiger partial charge in [-0.25, -0.2) is 0 Å². The van der Waals surface area contributed by atoms with E-state index < -0.39 is 12.8 Å². The molecule has 4 nitrogen and oxygen atoms in total. The predicted octanol–water partition coefficient (Wildman–Crippen LogP) is 4.41. The summed E-state index contributed by atoms with van der Waals surface area (Å²) in [6, 6.07) is 6.63. The van der Waals surface area contributed by atoms with E-state index in [0.717, 1.165) is 15.7 Å². The van der Waals surface area contributed by atoms with Gasteiger partial charge in [0.1, 0.15) is 0 Å². The molecule has 1 aromatic heterocycles. The van der Waals surface area contributed by atoms with Crippen LogP contribution in [0.2, 0.25) is 0 Å². The third-order valence-corrected chi connectivity index (χ3v) is 3.25. The first-order chi connectivity index (χ1) is 10.9. The lowest BCUT2D eigenvalue weighted by Crippen LogP contribution is -2.19. The summed E-state index contributed by atoms with van der Waals surface area (Å²) < 4.78 is 47.3. The fraction of sp³-hybridized carbons (Fsp3) is 0.267. The first-order valence-electron chi connectivity index (χ1n) is 6.58. The van der Waals surface area contributed by atoms with Crippen LogP contribution in [0.1, 0.15) is 5.56 Å². The molecule has 0 aliphatic carbocycles. The molecule has 1 heterocycles. The Hall–Kier alpha value is -1.96. The summed E-state index contributed by atoms with van der Waals surface area (Å²) in [4.78, 5) is 4.03. The molecule has 2 rings (SSSR count). The maximum absolute atomic E-state index is 12.2. The van der Waals surface area contributed by atoms with Gasteiger partial charge in [-0.2, -0.15) is 13.2 Å². The van der Waals surface area contributed by atoms with Crippen LogP contribution in [0.4, 0.5) is 18.9 Å². The van der Waals surface area contributed by atoms with Crippen molar-refractivity contribution >= 4 is 21.6 Å². The minimum Gasteiger partial charge on any atom is -0.493 e. The lowest BCUT2D eigenvalue weighted by molar-refractivity contribution is -0.153. The quantitative estimate of drug-likeness (QED) is 0.793. The number of halogens is 4. The van der Waals surface area contributed by atoms with Crippen molar-refractivity contribution in [3.05, 3.63) is 46.7 Å². The molecule has 1 N–H and O–H groups in total. The molecule has 0 aliphatic heterocycles. The van der Waals surface area contributed by atoms with Crippen molar-refractivity contribution in [3.63, 3.8) is 0 Å². The number of benzene rings is 1. The van der Waals surface area contributed by atoms with Gasteiger partial charge in [-0.3, -0.25) is 4.98 Å². The standard InChI is InChI=1S/C15H14BrF3N2O2/c1-22-14-4-10(2-3-13(14)23-9-15(17,18)19)6-21-12-5-11(16)7-20-8-12/h2-5,7-8,21H,6,9H2,1H3. The van der Waals surface area contributed by atoms with Crippen LogP contribution in [-0.2, 0) is 6.54 Å². The average Bonchev–Trinajstić information content (AvgIpc) is 2.50. The molecule has 0 aliphatic rings. The highest BCUT2D eigenvalue weighted by molar-refractivity contribution is 9.10. The Morgan fingerprint density at radius 2 is 1.96 bits per heavy atom. The monoisotopic (exact) mass is 390 g/mol. The lowest BCUT2D eigenvalue weighted by Gasteiger charge is -2.14. The second kappa shape index (κ2) is 7.54. The van der Waals surface area contributed by atoms with Crippen LogP contribution in [0.15, 0.2) is 41.1 Å². The van der Waals surface area contributed by atoms with Crippen LogP contribution in [0.3, 0.4) is 0 Å². The van der Waals surface area contributed by atoms with Gasteiger partial charge in [0.15, 0.2) is 18.1 Å². The predicted molar refractivity (Wildman–Crippen MR) is 83.8 cm³/mol. The fourth-order valence-electron chi connectivity index (χ4n) is 1.81. The Kier molecular flexibility index (Phi) is 5.70. The maximum Gasteiger partial charge on any atom is 0.422 e. The van der Waals surface area contributed by atoms with Crippen LogP contribution < -0.4 is 14.8 Å². The highest BCUT2D eigenvalue weighted by Gasteiger charge is 2.29. The van der Waals surface area contributed by atoms with Crippen molar-refractivity contribution in [2.45, 2.75) is 12.7 Å². The zero-order valence-corrected chi connectivity index (χ0v) is 13.7. The molecule has 1 aromatic carbocycles. The first-order valence-corrected chi connectivity index (χ1v) is 7.37. The van der Waals surface area contributed by atoms with Crippen molar-refractivity contribution < 1.29 is 22.6 Å². The third kappa shape index (κ3) is 5.63. The summed E-state index contributed by atoms with van der Waals surface area (Å²) in [5.41, 5.74) is 1.65. The van der Waals surface area contributed by atoms with Gasteiger partial charge >= 0.3 is 6.18 Å². The van der Waals surface area contributed by atoms with Gasteiger partial charge in [-0.05, 0) is 39.7 Å². The van der Waals surface area contributed by atoms with Gasteiger partial charge in [0, 0.05) is 17.2 Å². The zero-order valence-electron chi connectivity index (χ0n) is 12.2. The molecule has 2 aromatic rings. The highest BCUT2D eigenvalue weighted by atomic mass is 79.9. The number of pyridine rings is 1. The average molecular weight is 391 g/mol. The smallest absolute Gasteiger partial charge is 0.422 e. The van der Waals surface area contributed by atoms with Gasteiger partial charge in [-0.1, -0.05) is 6.07 Å². The van der Waals surface area contributed by atoms with Crippen molar-refractivity contribution in [1.82, 2.24) is 4.98 Å². The number of alkyl halides is 3. The number of ether oxygens (including phenoxy) is 2. The Labute approximate surface area is 139 Å². The number of anilines is 1. The number of hydrogen-bond acceptors (Lipinski definition) is 4. The normalized spacial score (nSPS) is 11.2. The zero-order chi connectivity index (χ0) is 16.9. The number of methoxy groups -OCH3 is 1. The molecule has 0 unspecified atom stereocenters. The van der Waals surface area contributed by atoms with Crippen LogP contribution in [0.25, 0.3) is 0 Å². The van der Waals surface area contributed by atoms with Gasteiger partial charge in [0.25, 0.3) is 0 Å². The molecule has 124 valence electrons. The van der Waals surface area contributed by atoms with Crippen LogP contribution >= 0.6 is 15.9 Å². The van der Waals surface area contributed by atoms with E-state index >= 15 is 0 Å². The molecule has 0 amide bonds. The maximum atomic E-state index is 12.2. The Balaban J connectivity index is 2.03. The largest absolute Gasteiger partial charge is 0.493 e. The summed E-state index contributed by atoms with van der Waals surface area (Å²) in [7, 11) is 1.38. The number of rotatable bonds is 6. The van der Waals surface area contributed by atoms with Crippen LogP contribution in [0, 0.1) is 0 Å². The Bertz CT molecular complexity index is 665. The molecule has 0 atom stereocenters. The minimum absolute atomic E-state index is 0.0534. The second-order valence-corrected chi connectivity index (χ2v) is 5.55. The van der Waals surface area contributed by atoms with Crippen LogP contribution in [-0.4, -0.2) is 24.9 Å². The Morgan fingerprint density at radius 1 is 1.17 bits per heavy atom. The van der Waals surface area contributed by atoms with E-state index in [4.69, 9.17) is 9.47 Å². The van der Waals surface area contributed by atoms with Gasteiger partial charge in [-0.15, -0.1) is 0 Å². The summed E-state index contributed by atoms with van der Waals surface area (Å²) >= 11 is 3.32. The molecule has 0 saturated carbocycles. The van der Waals surface area contributed by atoms with Crippen molar-refractivity contribution in [2.24, 2.45) is 0 Å². The molecule has 0 saturated heterocycles. The summed E-state index contributed by atoms with van der Waals surface area (Å²) in [5, 5.41) is 3.16. The fourth-order valence-corrected chi connectivity index (χ4v) is 2.18. The molecular weight excluding hydrogens is 377 g/mol. The molecule has 8 heteroatoms. The summed E-state index contributed by atoms with van der Waals surface area (Å²) in [5.74, 6) is 0.304. The first kappa shape index (κ1) is 17.4. The van der Waals surface area contributed by atoms with Crippen molar-refractivity contribution in [2.75, 3.05) is 19.0 Å². The highest BCUT2D eigenvalue weighted by Crippen LogP contribution is 2.30. The third-order valence-electron chi connectivity index (χ3n) is 2.82. The van der Waals surface area contributed by atoms with Gasteiger partial charge in [0.05, 0.1) is 19.0 Å².